The first-order valence-corrected chi connectivity index (χ1v) is 4.57. The van der Waals surface area contributed by atoms with Crippen molar-refractivity contribution >= 4 is 12.0 Å². The maximum atomic E-state index is 11.5. The van der Waals surface area contributed by atoms with Gasteiger partial charge in [-0.1, -0.05) is 5.16 Å². The van der Waals surface area contributed by atoms with Gasteiger partial charge in [0.25, 0.3) is 5.91 Å². The smallest absolute Gasteiger partial charge is 0.426 e. The summed E-state index contributed by atoms with van der Waals surface area (Å²) in [5.74, 6) is -0.633. The Morgan fingerprint density at radius 2 is 2.12 bits per heavy atom. The van der Waals surface area contributed by atoms with Crippen LogP contribution in [0.2, 0.25) is 0 Å². The highest BCUT2D eigenvalue weighted by Gasteiger charge is 2.28. The monoisotopic (exact) mass is 227 g/mol. The van der Waals surface area contributed by atoms with Gasteiger partial charge < -0.3 is 9.63 Å². The normalized spacial score (nSPS) is 10.9. The van der Waals surface area contributed by atoms with Crippen molar-refractivity contribution < 1.29 is 19.2 Å². The van der Waals surface area contributed by atoms with Gasteiger partial charge in [0.15, 0.2) is 5.69 Å². The number of nitrogens with zero attached hydrogens (tertiary/aromatic N) is 2. The van der Waals surface area contributed by atoms with Crippen LogP contribution >= 0.6 is 0 Å². The van der Waals surface area contributed by atoms with E-state index in [2.05, 4.69) is 15.1 Å². The molecule has 0 aliphatic heterocycles. The van der Waals surface area contributed by atoms with Gasteiger partial charge in [-0.25, -0.2) is 9.80 Å². The first kappa shape index (κ1) is 12.0. The van der Waals surface area contributed by atoms with Crippen LogP contribution in [-0.2, 0) is 0 Å². The van der Waals surface area contributed by atoms with Gasteiger partial charge in [0.1, 0.15) is 6.26 Å². The minimum atomic E-state index is -1.25. The first-order valence-electron chi connectivity index (χ1n) is 4.57. The van der Waals surface area contributed by atoms with E-state index >= 15 is 0 Å². The lowest BCUT2D eigenvalue weighted by atomic mass is 10.1. The fourth-order valence-corrected chi connectivity index (χ4v) is 0.991. The number of carbonyl (C=O) groups excluding carboxylic acids is 1. The molecule has 1 aromatic heterocycles. The molecule has 0 bridgehead atoms. The summed E-state index contributed by atoms with van der Waals surface area (Å²) in [7, 11) is 0. The average molecular weight is 227 g/mol. The van der Waals surface area contributed by atoms with Crippen molar-refractivity contribution in [2.45, 2.75) is 26.3 Å². The molecule has 7 heteroatoms. The van der Waals surface area contributed by atoms with Gasteiger partial charge in [-0.05, 0) is 20.8 Å². The zero-order chi connectivity index (χ0) is 12.3. The SMILES string of the molecule is CC(C)(C)N(NC(=O)c1ccon1)C(=O)O. The topological polar surface area (TPSA) is 95.7 Å². The molecule has 2 amide bonds. The third-order valence-electron chi connectivity index (χ3n) is 1.75. The molecule has 0 spiro atoms. The summed E-state index contributed by atoms with van der Waals surface area (Å²) in [6.45, 7) is 4.97. The van der Waals surface area contributed by atoms with Crippen molar-refractivity contribution in [1.29, 1.82) is 0 Å². The molecule has 0 saturated carbocycles. The summed E-state index contributed by atoms with van der Waals surface area (Å²) >= 11 is 0. The molecule has 0 aliphatic carbocycles. The van der Waals surface area contributed by atoms with Crippen molar-refractivity contribution in [3.8, 4) is 0 Å². The van der Waals surface area contributed by atoms with E-state index in [0.717, 1.165) is 5.01 Å². The third kappa shape index (κ3) is 2.72. The molecule has 1 aromatic rings. The Balaban J connectivity index is 2.78. The molecule has 0 saturated heterocycles. The lowest BCUT2D eigenvalue weighted by Crippen LogP contribution is -2.55. The Kier molecular flexibility index (Phi) is 3.17. The van der Waals surface area contributed by atoms with Crippen LogP contribution in [0.15, 0.2) is 16.9 Å². The third-order valence-corrected chi connectivity index (χ3v) is 1.75. The maximum Gasteiger partial charge on any atom is 0.426 e. The Morgan fingerprint density at radius 3 is 2.50 bits per heavy atom. The Morgan fingerprint density at radius 1 is 1.50 bits per heavy atom. The number of hydrogen-bond donors (Lipinski definition) is 2. The van der Waals surface area contributed by atoms with Crippen molar-refractivity contribution in [3.05, 3.63) is 18.0 Å². The number of aromatic nitrogens is 1. The zero-order valence-corrected chi connectivity index (χ0v) is 9.22. The van der Waals surface area contributed by atoms with Gasteiger partial charge >= 0.3 is 6.09 Å². The summed E-state index contributed by atoms with van der Waals surface area (Å²) in [6.07, 6.45) is -0.0127. The van der Waals surface area contributed by atoms with Gasteiger partial charge in [-0.15, -0.1) is 0 Å². The van der Waals surface area contributed by atoms with Gasteiger partial charge in [0.2, 0.25) is 0 Å². The fraction of sp³-hybridized carbons (Fsp3) is 0.444. The highest BCUT2D eigenvalue weighted by Crippen LogP contribution is 2.10. The van der Waals surface area contributed by atoms with E-state index in [9.17, 15) is 9.59 Å². The largest absolute Gasteiger partial charge is 0.464 e. The molecule has 0 radical (unpaired) electrons. The maximum absolute atomic E-state index is 11.5. The van der Waals surface area contributed by atoms with Crippen molar-refractivity contribution in [2.24, 2.45) is 0 Å². The molecule has 1 rings (SSSR count). The molecular weight excluding hydrogens is 214 g/mol. The number of carboxylic acid groups (broad SMARTS) is 1. The molecule has 88 valence electrons. The van der Waals surface area contributed by atoms with Crippen LogP contribution in [0, 0.1) is 0 Å². The number of carbonyl (C=O) groups is 2. The second-order valence-electron chi connectivity index (χ2n) is 4.11. The molecule has 0 aliphatic rings. The first-order chi connectivity index (χ1) is 7.32. The predicted molar refractivity (Wildman–Crippen MR) is 53.6 cm³/mol. The molecule has 0 fully saturated rings. The van der Waals surface area contributed by atoms with Gasteiger partial charge in [0.05, 0.1) is 5.54 Å². The van der Waals surface area contributed by atoms with Crippen LogP contribution in [0.3, 0.4) is 0 Å². The van der Waals surface area contributed by atoms with Crippen LogP contribution in [0.25, 0.3) is 0 Å². The van der Waals surface area contributed by atoms with E-state index in [1.165, 1.54) is 12.3 Å². The van der Waals surface area contributed by atoms with E-state index in [1.54, 1.807) is 20.8 Å². The number of rotatable bonds is 1. The highest BCUT2D eigenvalue weighted by molar-refractivity contribution is 5.92. The molecule has 7 nitrogen and oxygen atoms in total. The van der Waals surface area contributed by atoms with Crippen molar-refractivity contribution in [2.75, 3.05) is 0 Å². The van der Waals surface area contributed by atoms with Gasteiger partial charge in [0, 0.05) is 6.07 Å². The molecule has 0 unspecified atom stereocenters. The fourth-order valence-electron chi connectivity index (χ4n) is 0.991. The van der Waals surface area contributed by atoms with Crippen molar-refractivity contribution in [1.82, 2.24) is 15.6 Å². The van der Waals surface area contributed by atoms with E-state index < -0.39 is 17.5 Å². The summed E-state index contributed by atoms with van der Waals surface area (Å²) < 4.78 is 4.49. The molecular formula is C9H13N3O4. The van der Waals surface area contributed by atoms with E-state index in [4.69, 9.17) is 5.11 Å². The Hall–Kier alpha value is -2.05. The minimum Gasteiger partial charge on any atom is -0.464 e. The number of nitrogens with one attached hydrogen (secondary N) is 1. The quantitative estimate of drug-likeness (QED) is 0.700. The molecule has 1 heterocycles. The van der Waals surface area contributed by atoms with Gasteiger partial charge in [-0.2, -0.15) is 0 Å². The number of amides is 2. The zero-order valence-electron chi connectivity index (χ0n) is 9.22. The Bertz CT molecular complexity index is 380. The molecule has 2 N–H and O–H groups in total. The second-order valence-corrected chi connectivity index (χ2v) is 4.11. The van der Waals surface area contributed by atoms with Crippen LogP contribution in [0.1, 0.15) is 31.3 Å². The summed E-state index contributed by atoms with van der Waals surface area (Å²) in [4.78, 5) is 22.4. The van der Waals surface area contributed by atoms with Crippen LogP contribution in [0.5, 0.6) is 0 Å². The van der Waals surface area contributed by atoms with Crippen molar-refractivity contribution in [3.63, 3.8) is 0 Å². The van der Waals surface area contributed by atoms with Gasteiger partial charge in [-0.3, -0.25) is 10.2 Å². The predicted octanol–water partition coefficient (Wildman–Crippen LogP) is 1.10. The summed E-state index contributed by atoms with van der Waals surface area (Å²) in [5.41, 5.74) is 1.51. The summed E-state index contributed by atoms with van der Waals surface area (Å²) in [6, 6.07) is 1.35. The summed E-state index contributed by atoms with van der Waals surface area (Å²) in [5, 5.41) is 13.1. The average Bonchev–Trinajstić information content (AvgIpc) is 2.63. The lowest BCUT2D eigenvalue weighted by Gasteiger charge is -2.32. The molecule has 0 aromatic carbocycles. The highest BCUT2D eigenvalue weighted by atomic mass is 16.5. The minimum absolute atomic E-state index is 0.0236. The van der Waals surface area contributed by atoms with Crippen LogP contribution < -0.4 is 5.43 Å². The lowest BCUT2D eigenvalue weighted by molar-refractivity contribution is 0.0491. The van der Waals surface area contributed by atoms with E-state index in [1.807, 2.05) is 0 Å². The number of hydrogen-bond acceptors (Lipinski definition) is 4. The molecule has 0 atom stereocenters. The number of hydrazine groups is 1. The Labute approximate surface area is 92.0 Å². The van der Waals surface area contributed by atoms with Crippen LogP contribution in [-0.4, -0.2) is 32.8 Å². The van der Waals surface area contributed by atoms with E-state index in [-0.39, 0.29) is 5.69 Å². The van der Waals surface area contributed by atoms with E-state index in [0.29, 0.717) is 0 Å². The standard InChI is InChI=1S/C9H13N3O4/c1-9(2,3)12(8(14)15)10-7(13)6-4-5-16-11-6/h4-5H,1-3H3,(H,10,13)(H,14,15). The molecule has 16 heavy (non-hydrogen) atoms. The van der Waals surface area contributed by atoms with Crippen LogP contribution in [0.4, 0.5) is 4.79 Å². The second kappa shape index (κ2) is 4.21.